The molecule has 16 heteroatoms. The number of anilines is 2. The lowest BCUT2D eigenvalue weighted by molar-refractivity contribution is -0.147. The summed E-state index contributed by atoms with van der Waals surface area (Å²) in [5.74, 6) is 2.06. The normalized spacial score (nSPS) is 20.4. The van der Waals surface area contributed by atoms with Crippen molar-refractivity contribution in [2.75, 3.05) is 51.5 Å². The number of aromatic nitrogens is 6. The summed E-state index contributed by atoms with van der Waals surface area (Å²) in [5.41, 5.74) is 9.64. The minimum absolute atomic E-state index is 0.000417. The van der Waals surface area contributed by atoms with Crippen LogP contribution in [0.3, 0.4) is 0 Å². The van der Waals surface area contributed by atoms with Crippen molar-refractivity contribution < 1.29 is 28.5 Å². The van der Waals surface area contributed by atoms with E-state index >= 15 is 0 Å². The van der Waals surface area contributed by atoms with Crippen LogP contribution in [0.2, 0.25) is 51.4 Å². The third kappa shape index (κ3) is 12.1. The van der Waals surface area contributed by atoms with Crippen LogP contribution in [0, 0.1) is 11.8 Å². The summed E-state index contributed by atoms with van der Waals surface area (Å²) in [6, 6.07) is 10.1. The van der Waals surface area contributed by atoms with Gasteiger partial charge >= 0.3 is 11.9 Å². The minimum atomic E-state index is -1.17. The SMILES string of the molecule is COC(=O)C1CCC(c2cc(N(COCC[Si](C)(C)C)COCC[Si](C)(C)C)n3nccc3n2)CC1.COC(=O)C1CCC(c2cc(N)n3nccc3n2)CC1. The Morgan fingerprint density at radius 3 is 1.57 bits per heavy atom. The van der Waals surface area contributed by atoms with E-state index in [1.165, 1.54) is 14.2 Å². The Bertz CT molecular complexity index is 1850. The van der Waals surface area contributed by atoms with Crippen molar-refractivity contribution in [1.82, 2.24) is 29.2 Å². The number of hydrogen-bond acceptors (Lipinski definition) is 12. The van der Waals surface area contributed by atoms with Crippen molar-refractivity contribution >= 4 is 51.0 Å². The molecule has 2 fully saturated rings. The maximum atomic E-state index is 12.0. The van der Waals surface area contributed by atoms with Crippen molar-refractivity contribution in [3.8, 4) is 0 Å². The predicted molar refractivity (Wildman–Crippen MR) is 224 cm³/mol. The van der Waals surface area contributed by atoms with Crippen LogP contribution >= 0.6 is 0 Å². The maximum absolute atomic E-state index is 12.0. The van der Waals surface area contributed by atoms with Crippen LogP contribution in [0.1, 0.15) is 74.6 Å². The first kappa shape index (κ1) is 43.3. The molecule has 14 nitrogen and oxygen atoms in total. The molecule has 0 aliphatic heterocycles. The van der Waals surface area contributed by atoms with Gasteiger partial charge in [-0.2, -0.15) is 19.2 Å². The molecular formula is C40H64N8O6Si2. The van der Waals surface area contributed by atoms with E-state index in [9.17, 15) is 9.59 Å². The number of rotatable bonds is 15. The van der Waals surface area contributed by atoms with Gasteiger partial charge in [-0.3, -0.25) is 9.59 Å². The predicted octanol–water partition coefficient (Wildman–Crippen LogP) is 7.37. The second-order valence-electron chi connectivity index (χ2n) is 17.7. The van der Waals surface area contributed by atoms with Crippen LogP contribution in [0.4, 0.5) is 11.6 Å². The Kier molecular flexibility index (Phi) is 15.1. The van der Waals surface area contributed by atoms with Crippen LogP contribution in [0.25, 0.3) is 11.3 Å². The first-order chi connectivity index (χ1) is 26.7. The summed E-state index contributed by atoms with van der Waals surface area (Å²) in [7, 11) is 0.578. The average Bonchev–Trinajstić information content (AvgIpc) is 3.86. The lowest BCUT2D eigenvalue weighted by atomic mass is 9.80. The highest BCUT2D eigenvalue weighted by atomic mass is 28.3. The van der Waals surface area contributed by atoms with Crippen LogP contribution in [0.15, 0.2) is 36.7 Å². The Morgan fingerprint density at radius 1 is 0.696 bits per heavy atom. The molecular weight excluding hydrogens is 745 g/mol. The number of nitrogens with two attached hydrogens (primary N) is 1. The number of nitrogen functional groups attached to an aromatic ring is 1. The fourth-order valence-electron chi connectivity index (χ4n) is 7.38. The zero-order chi connectivity index (χ0) is 40.5. The van der Waals surface area contributed by atoms with Crippen LogP contribution in [-0.4, -0.2) is 98.2 Å². The zero-order valence-corrected chi connectivity index (χ0v) is 36.8. The molecule has 6 rings (SSSR count). The molecule has 0 radical (unpaired) electrons. The van der Waals surface area contributed by atoms with E-state index < -0.39 is 16.1 Å². The number of carbonyl (C=O) groups is 2. The highest BCUT2D eigenvalue weighted by Gasteiger charge is 2.30. The molecule has 0 atom stereocenters. The first-order valence-corrected chi connectivity index (χ1v) is 27.6. The topological polar surface area (TPSA) is 161 Å². The number of carbonyl (C=O) groups excluding carboxylic acids is 2. The molecule has 4 aromatic heterocycles. The summed E-state index contributed by atoms with van der Waals surface area (Å²) in [5, 5.41) is 8.68. The second-order valence-corrected chi connectivity index (χ2v) is 29.0. The number of methoxy groups -OCH3 is 2. The van der Waals surface area contributed by atoms with E-state index in [1.807, 2.05) is 22.7 Å². The van der Waals surface area contributed by atoms with Gasteiger partial charge in [0.15, 0.2) is 11.3 Å². The Morgan fingerprint density at radius 2 is 1.12 bits per heavy atom. The molecule has 2 aliphatic rings. The highest BCUT2D eigenvalue weighted by molar-refractivity contribution is 6.76. The van der Waals surface area contributed by atoms with Crippen molar-refractivity contribution in [3.63, 3.8) is 0 Å². The van der Waals surface area contributed by atoms with Gasteiger partial charge in [0.25, 0.3) is 0 Å². The zero-order valence-electron chi connectivity index (χ0n) is 34.8. The van der Waals surface area contributed by atoms with Crippen molar-refractivity contribution in [3.05, 3.63) is 48.0 Å². The number of ether oxygens (including phenoxy) is 4. The van der Waals surface area contributed by atoms with E-state index in [4.69, 9.17) is 29.7 Å². The van der Waals surface area contributed by atoms with Gasteiger partial charge in [-0.25, -0.2) is 9.97 Å². The van der Waals surface area contributed by atoms with Crippen LogP contribution < -0.4 is 10.6 Å². The molecule has 0 unspecified atom stereocenters. The summed E-state index contributed by atoms with van der Waals surface area (Å²) in [6.45, 7) is 16.6. The Labute approximate surface area is 333 Å². The van der Waals surface area contributed by atoms with Gasteiger partial charge in [-0.15, -0.1) is 0 Å². The van der Waals surface area contributed by atoms with Gasteiger partial charge in [0.2, 0.25) is 0 Å². The molecule has 2 aliphatic carbocycles. The molecule has 4 aromatic rings. The lowest BCUT2D eigenvalue weighted by Gasteiger charge is -2.29. The Balaban J connectivity index is 0.000000251. The molecule has 2 saturated carbocycles. The maximum Gasteiger partial charge on any atom is 0.308 e. The molecule has 308 valence electrons. The summed E-state index contributed by atoms with van der Waals surface area (Å²) in [4.78, 5) is 35.2. The minimum Gasteiger partial charge on any atom is -0.469 e. The van der Waals surface area contributed by atoms with E-state index in [0.29, 0.717) is 31.1 Å². The molecule has 0 bridgehead atoms. The van der Waals surface area contributed by atoms with Crippen LogP contribution in [-0.2, 0) is 28.5 Å². The number of fused-ring (bicyclic) bond motifs is 2. The van der Waals surface area contributed by atoms with E-state index in [2.05, 4.69) is 65.4 Å². The third-order valence-electron chi connectivity index (χ3n) is 10.9. The molecule has 0 amide bonds. The van der Waals surface area contributed by atoms with Gasteiger partial charge in [0.05, 0.1) is 38.4 Å². The number of esters is 2. The van der Waals surface area contributed by atoms with Gasteiger partial charge in [-0.1, -0.05) is 39.3 Å². The fourth-order valence-corrected chi connectivity index (χ4v) is 8.89. The standard InChI is InChI=1S/C26H46N4O4Si2.C14H18N4O2/c1-32-26(31)22-10-8-21(9-11-22)23-18-25(30-24(28-23)12-13-27-30)29(19-33-14-16-35(2,3)4)20-34-15-17-36(5,6)7;1-20-14(19)10-4-2-9(3-5-10)11-8-12(15)18-13(17-11)6-7-16-18/h12-13,18,21-22H,8-11,14-17,19-20H2,1-7H3;6-10H,2-5,15H2,1H3. The number of hydrogen-bond donors (Lipinski definition) is 1. The molecule has 4 heterocycles. The quantitative estimate of drug-likeness (QED) is 0.0551. The van der Waals surface area contributed by atoms with Gasteiger partial charge < -0.3 is 29.6 Å². The molecule has 0 saturated heterocycles. The highest BCUT2D eigenvalue weighted by Crippen LogP contribution is 2.38. The molecule has 56 heavy (non-hydrogen) atoms. The number of nitrogens with zero attached hydrogens (tertiary/aromatic N) is 7. The van der Waals surface area contributed by atoms with Crippen molar-refractivity contribution in [1.29, 1.82) is 0 Å². The third-order valence-corrected chi connectivity index (χ3v) is 14.3. The fraction of sp³-hybridized carbons (Fsp3) is 0.650. The van der Waals surface area contributed by atoms with Gasteiger partial charge in [0.1, 0.15) is 25.1 Å². The van der Waals surface area contributed by atoms with Gasteiger partial charge in [0, 0.05) is 76.9 Å². The van der Waals surface area contributed by atoms with Gasteiger partial charge in [-0.05, 0) is 63.5 Å². The molecule has 2 N–H and O–H groups in total. The van der Waals surface area contributed by atoms with E-state index in [0.717, 1.165) is 105 Å². The van der Waals surface area contributed by atoms with Crippen molar-refractivity contribution in [2.45, 2.75) is 115 Å². The molecule has 0 aromatic carbocycles. The summed E-state index contributed by atoms with van der Waals surface area (Å²) < 4.78 is 25.6. The van der Waals surface area contributed by atoms with E-state index in [1.54, 1.807) is 16.9 Å². The summed E-state index contributed by atoms with van der Waals surface area (Å²) >= 11 is 0. The molecule has 0 spiro atoms. The Hall–Kier alpha value is -3.87. The largest absolute Gasteiger partial charge is 0.469 e. The second kappa shape index (κ2) is 19.5. The first-order valence-electron chi connectivity index (χ1n) is 20.2. The average molecular weight is 809 g/mol. The smallest absolute Gasteiger partial charge is 0.308 e. The van der Waals surface area contributed by atoms with Crippen LogP contribution in [0.5, 0.6) is 0 Å². The summed E-state index contributed by atoms with van der Waals surface area (Å²) in [6.07, 6.45) is 10.6. The monoisotopic (exact) mass is 808 g/mol. The van der Waals surface area contributed by atoms with Crippen molar-refractivity contribution in [2.24, 2.45) is 11.8 Å². The van der Waals surface area contributed by atoms with E-state index in [-0.39, 0.29) is 23.8 Å². The lowest BCUT2D eigenvalue weighted by Crippen LogP contribution is -2.33.